The van der Waals surface area contributed by atoms with Gasteiger partial charge in [0.1, 0.15) is 5.82 Å². The molecule has 1 aliphatic rings. The van der Waals surface area contributed by atoms with Crippen molar-refractivity contribution in [2.24, 2.45) is 5.92 Å². The van der Waals surface area contributed by atoms with E-state index in [1.807, 2.05) is 6.07 Å². The third-order valence-corrected chi connectivity index (χ3v) is 3.79. The van der Waals surface area contributed by atoms with Crippen LogP contribution in [0.4, 0.5) is 4.39 Å². The average molecular weight is 235 g/mol. The molecule has 0 bridgehead atoms. The molecule has 0 aliphatic heterocycles. The predicted molar refractivity (Wildman–Crippen MR) is 69.4 cm³/mol. The highest BCUT2D eigenvalue weighted by Gasteiger charge is 2.14. The van der Waals surface area contributed by atoms with Crippen molar-refractivity contribution in [3.8, 4) is 0 Å². The highest BCUT2D eigenvalue weighted by molar-refractivity contribution is 5.19. The number of halogens is 1. The number of nitrogens with one attached hydrogen (secondary N) is 1. The van der Waals surface area contributed by atoms with Crippen molar-refractivity contribution >= 4 is 0 Å². The molecule has 1 fully saturated rings. The summed E-state index contributed by atoms with van der Waals surface area (Å²) in [5, 5.41) is 3.53. The molecule has 17 heavy (non-hydrogen) atoms. The quantitative estimate of drug-likeness (QED) is 0.830. The van der Waals surface area contributed by atoms with Crippen LogP contribution in [0, 0.1) is 11.7 Å². The second kappa shape index (κ2) is 6.15. The Balaban J connectivity index is 1.82. The third-order valence-electron chi connectivity index (χ3n) is 3.79. The molecule has 2 heteroatoms. The van der Waals surface area contributed by atoms with Crippen LogP contribution >= 0.6 is 0 Å². The number of hydrogen-bond acceptors (Lipinski definition) is 1. The first-order valence-corrected chi connectivity index (χ1v) is 6.74. The van der Waals surface area contributed by atoms with Crippen LogP contribution in [0.3, 0.4) is 0 Å². The molecular formula is C15H22FN. The van der Waals surface area contributed by atoms with Crippen molar-refractivity contribution in [1.29, 1.82) is 0 Å². The van der Waals surface area contributed by atoms with E-state index in [2.05, 4.69) is 12.2 Å². The number of hydrogen-bond donors (Lipinski definition) is 1. The van der Waals surface area contributed by atoms with Gasteiger partial charge in [0.2, 0.25) is 0 Å². The van der Waals surface area contributed by atoms with Crippen LogP contribution in [-0.4, -0.2) is 6.54 Å². The predicted octanol–water partition coefficient (Wildman–Crippen LogP) is 4.06. The minimum atomic E-state index is -0.145. The first kappa shape index (κ1) is 12.6. The summed E-state index contributed by atoms with van der Waals surface area (Å²) in [4.78, 5) is 0. The Morgan fingerprint density at radius 3 is 2.76 bits per heavy atom. The van der Waals surface area contributed by atoms with Gasteiger partial charge in [0.15, 0.2) is 0 Å². The minimum absolute atomic E-state index is 0.145. The van der Waals surface area contributed by atoms with Gasteiger partial charge in [-0.3, -0.25) is 0 Å². The van der Waals surface area contributed by atoms with Crippen LogP contribution in [0.25, 0.3) is 0 Å². The van der Waals surface area contributed by atoms with Crippen molar-refractivity contribution in [2.45, 2.75) is 45.1 Å². The normalized spacial score (nSPS) is 19.2. The van der Waals surface area contributed by atoms with Crippen LogP contribution in [-0.2, 0) is 0 Å². The molecule has 1 aromatic rings. The van der Waals surface area contributed by atoms with Gasteiger partial charge in [0, 0.05) is 6.04 Å². The highest BCUT2D eigenvalue weighted by Crippen LogP contribution is 2.23. The molecule has 1 aliphatic carbocycles. The van der Waals surface area contributed by atoms with Crippen LogP contribution < -0.4 is 5.32 Å². The maximum absolute atomic E-state index is 13.1. The molecule has 1 N–H and O–H groups in total. The lowest BCUT2D eigenvalue weighted by atomic mass is 9.89. The first-order chi connectivity index (χ1) is 8.25. The van der Waals surface area contributed by atoms with Crippen molar-refractivity contribution in [1.82, 2.24) is 5.32 Å². The van der Waals surface area contributed by atoms with Gasteiger partial charge in [0.05, 0.1) is 0 Å². The van der Waals surface area contributed by atoms with Gasteiger partial charge in [0.25, 0.3) is 0 Å². The second-order valence-corrected chi connectivity index (χ2v) is 5.19. The molecule has 2 rings (SSSR count). The van der Waals surface area contributed by atoms with Crippen LogP contribution in [0.15, 0.2) is 24.3 Å². The first-order valence-electron chi connectivity index (χ1n) is 6.74. The van der Waals surface area contributed by atoms with Crippen LogP contribution in [0.2, 0.25) is 0 Å². The summed E-state index contributed by atoms with van der Waals surface area (Å²) in [6.45, 7) is 3.18. The summed E-state index contributed by atoms with van der Waals surface area (Å²) in [6, 6.07) is 7.13. The minimum Gasteiger partial charge on any atom is -0.310 e. The fraction of sp³-hybridized carbons (Fsp3) is 0.600. The van der Waals surface area contributed by atoms with Gasteiger partial charge in [-0.25, -0.2) is 4.39 Å². The maximum Gasteiger partial charge on any atom is 0.123 e. The van der Waals surface area contributed by atoms with E-state index in [1.54, 1.807) is 12.1 Å². The van der Waals surface area contributed by atoms with Crippen molar-refractivity contribution < 1.29 is 4.39 Å². The Labute approximate surface area is 103 Å². The van der Waals surface area contributed by atoms with Crippen molar-refractivity contribution in [2.75, 3.05) is 6.54 Å². The van der Waals surface area contributed by atoms with E-state index in [4.69, 9.17) is 0 Å². The summed E-state index contributed by atoms with van der Waals surface area (Å²) in [7, 11) is 0. The zero-order valence-corrected chi connectivity index (χ0v) is 10.6. The van der Waals surface area contributed by atoms with E-state index in [0.29, 0.717) is 0 Å². The molecule has 1 unspecified atom stereocenters. The lowest BCUT2D eigenvalue weighted by molar-refractivity contribution is 0.331. The zero-order valence-electron chi connectivity index (χ0n) is 10.6. The van der Waals surface area contributed by atoms with Crippen LogP contribution in [0.1, 0.15) is 50.6 Å². The molecule has 1 aromatic carbocycles. The average Bonchev–Trinajstić information content (AvgIpc) is 2.37. The summed E-state index contributed by atoms with van der Waals surface area (Å²) >= 11 is 0. The molecule has 0 spiro atoms. The second-order valence-electron chi connectivity index (χ2n) is 5.19. The molecule has 0 aromatic heterocycles. The van der Waals surface area contributed by atoms with E-state index in [0.717, 1.165) is 18.0 Å². The molecule has 0 saturated heterocycles. The molecular weight excluding hydrogens is 213 g/mol. The summed E-state index contributed by atoms with van der Waals surface area (Å²) in [5.41, 5.74) is 1.04. The van der Waals surface area contributed by atoms with Gasteiger partial charge in [-0.1, -0.05) is 31.4 Å². The summed E-state index contributed by atoms with van der Waals surface area (Å²) < 4.78 is 13.1. The van der Waals surface area contributed by atoms with Gasteiger partial charge >= 0.3 is 0 Å². The number of rotatable bonds is 4. The lowest BCUT2D eigenvalue weighted by Gasteiger charge is -2.24. The molecule has 0 heterocycles. The van der Waals surface area contributed by atoms with Gasteiger partial charge in [-0.15, -0.1) is 0 Å². The van der Waals surface area contributed by atoms with E-state index in [-0.39, 0.29) is 11.9 Å². The van der Waals surface area contributed by atoms with Gasteiger partial charge < -0.3 is 5.32 Å². The molecule has 1 atom stereocenters. The monoisotopic (exact) mass is 235 g/mol. The van der Waals surface area contributed by atoms with Gasteiger partial charge in [-0.05, 0) is 49.9 Å². The Hall–Kier alpha value is -0.890. The molecule has 1 saturated carbocycles. The lowest BCUT2D eigenvalue weighted by Crippen LogP contribution is -2.27. The molecule has 1 nitrogen and oxygen atoms in total. The SMILES string of the molecule is CC(NCC1CCCCC1)c1cccc(F)c1. The Morgan fingerprint density at radius 2 is 2.06 bits per heavy atom. The standard InChI is InChI=1S/C15H22FN/c1-12(14-8-5-9-15(16)10-14)17-11-13-6-3-2-4-7-13/h5,8-10,12-13,17H,2-4,6-7,11H2,1H3. The van der Waals surface area contributed by atoms with E-state index in [9.17, 15) is 4.39 Å². The van der Waals surface area contributed by atoms with E-state index < -0.39 is 0 Å². The van der Waals surface area contributed by atoms with Crippen molar-refractivity contribution in [3.05, 3.63) is 35.6 Å². The van der Waals surface area contributed by atoms with Crippen LogP contribution in [0.5, 0.6) is 0 Å². The summed E-state index contributed by atoms with van der Waals surface area (Å²) in [5.74, 6) is 0.675. The Morgan fingerprint density at radius 1 is 1.29 bits per heavy atom. The Bertz CT molecular complexity index is 345. The molecule has 0 amide bonds. The topological polar surface area (TPSA) is 12.0 Å². The highest BCUT2D eigenvalue weighted by atomic mass is 19.1. The Kier molecular flexibility index (Phi) is 4.55. The van der Waals surface area contributed by atoms with E-state index >= 15 is 0 Å². The smallest absolute Gasteiger partial charge is 0.123 e. The van der Waals surface area contributed by atoms with Crippen molar-refractivity contribution in [3.63, 3.8) is 0 Å². The third kappa shape index (κ3) is 3.81. The molecule has 94 valence electrons. The fourth-order valence-electron chi connectivity index (χ4n) is 2.63. The zero-order chi connectivity index (χ0) is 12.1. The fourth-order valence-corrected chi connectivity index (χ4v) is 2.63. The van der Waals surface area contributed by atoms with E-state index in [1.165, 1.54) is 38.2 Å². The molecule has 0 radical (unpaired) electrons. The maximum atomic E-state index is 13.1. The van der Waals surface area contributed by atoms with Gasteiger partial charge in [-0.2, -0.15) is 0 Å². The summed E-state index contributed by atoms with van der Waals surface area (Å²) in [6.07, 6.45) is 6.85. The number of benzene rings is 1. The largest absolute Gasteiger partial charge is 0.310 e.